The summed E-state index contributed by atoms with van der Waals surface area (Å²) in [6.07, 6.45) is 2.73. The van der Waals surface area contributed by atoms with Crippen molar-refractivity contribution in [3.05, 3.63) is 34.9 Å². The van der Waals surface area contributed by atoms with Crippen molar-refractivity contribution in [1.82, 2.24) is 10.2 Å². The molecule has 1 atom stereocenters. The van der Waals surface area contributed by atoms with Gasteiger partial charge in [-0.05, 0) is 68.9 Å². The molecule has 1 aromatic rings. The Morgan fingerprint density at radius 3 is 2.68 bits per heavy atom. The maximum absolute atomic E-state index is 3.50. The number of hydrogen-bond acceptors (Lipinski definition) is 2. The van der Waals surface area contributed by atoms with Crippen molar-refractivity contribution in [2.75, 3.05) is 26.2 Å². The third-order valence-corrected chi connectivity index (χ3v) is 4.31. The zero-order chi connectivity index (χ0) is 13.7. The van der Waals surface area contributed by atoms with E-state index in [4.69, 9.17) is 0 Å². The van der Waals surface area contributed by atoms with Gasteiger partial charge in [0.25, 0.3) is 0 Å². The van der Waals surface area contributed by atoms with Gasteiger partial charge in [0.2, 0.25) is 0 Å². The van der Waals surface area contributed by atoms with Gasteiger partial charge in [0.1, 0.15) is 0 Å². The first kappa shape index (κ1) is 14.5. The van der Waals surface area contributed by atoms with Crippen LogP contribution in [0.5, 0.6) is 0 Å². The van der Waals surface area contributed by atoms with Gasteiger partial charge in [-0.3, -0.25) is 4.90 Å². The Bertz CT molecular complexity index is 380. The molecule has 0 saturated carbocycles. The lowest BCUT2D eigenvalue weighted by Gasteiger charge is -2.33. The number of hydrogen-bond donors (Lipinski definition) is 1. The van der Waals surface area contributed by atoms with Crippen molar-refractivity contribution in [3.63, 3.8) is 0 Å². The molecule has 1 aromatic carbocycles. The molecule has 0 radical (unpaired) electrons. The highest BCUT2D eigenvalue weighted by atomic mass is 15.1. The maximum atomic E-state index is 3.50. The van der Waals surface area contributed by atoms with E-state index in [-0.39, 0.29) is 0 Å². The zero-order valence-electron chi connectivity index (χ0n) is 12.7. The number of nitrogens with one attached hydrogen (secondary N) is 1. The predicted molar refractivity (Wildman–Crippen MR) is 82.5 cm³/mol. The predicted octanol–water partition coefficient (Wildman–Crippen LogP) is 3.12. The molecule has 1 N–H and O–H groups in total. The van der Waals surface area contributed by atoms with E-state index in [0.29, 0.717) is 0 Å². The van der Waals surface area contributed by atoms with Crippen molar-refractivity contribution in [2.24, 2.45) is 5.92 Å². The molecule has 1 unspecified atom stereocenters. The van der Waals surface area contributed by atoms with Crippen LogP contribution in [-0.2, 0) is 6.54 Å². The molecule has 1 saturated heterocycles. The minimum Gasteiger partial charge on any atom is -0.317 e. The standard InChI is InChI=1S/C17H28N2/c1-4-18-11-16-9-6-10-19(12-16)13-17-14(2)7-5-8-15(17)3/h5,7-8,16,18H,4,6,9-13H2,1-3H3. The van der Waals surface area contributed by atoms with Crippen LogP contribution in [0, 0.1) is 19.8 Å². The van der Waals surface area contributed by atoms with Crippen LogP contribution in [-0.4, -0.2) is 31.1 Å². The zero-order valence-corrected chi connectivity index (χ0v) is 12.7. The molecule has 2 rings (SSSR count). The first-order valence-electron chi connectivity index (χ1n) is 7.69. The van der Waals surface area contributed by atoms with Crippen LogP contribution in [0.1, 0.15) is 36.5 Å². The van der Waals surface area contributed by atoms with Crippen LogP contribution >= 0.6 is 0 Å². The molecule has 2 nitrogen and oxygen atoms in total. The topological polar surface area (TPSA) is 15.3 Å². The summed E-state index contributed by atoms with van der Waals surface area (Å²) in [5, 5.41) is 3.50. The van der Waals surface area contributed by atoms with E-state index >= 15 is 0 Å². The second-order valence-corrected chi connectivity index (χ2v) is 5.92. The smallest absolute Gasteiger partial charge is 0.0239 e. The minimum atomic E-state index is 0.832. The van der Waals surface area contributed by atoms with Gasteiger partial charge in [-0.1, -0.05) is 25.1 Å². The molecule has 1 fully saturated rings. The molecule has 19 heavy (non-hydrogen) atoms. The summed E-state index contributed by atoms with van der Waals surface area (Å²) < 4.78 is 0. The number of rotatable bonds is 5. The molecule has 0 aromatic heterocycles. The Morgan fingerprint density at radius 1 is 1.26 bits per heavy atom. The van der Waals surface area contributed by atoms with Gasteiger partial charge in [0.15, 0.2) is 0 Å². The monoisotopic (exact) mass is 260 g/mol. The van der Waals surface area contributed by atoms with Gasteiger partial charge in [0.05, 0.1) is 0 Å². The maximum Gasteiger partial charge on any atom is 0.0239 e. The van der Waals surface area contributed by atoms with E-state index in [1.165, 1.54) is 49.2 Å². The first-order valence-corrected chi connectivity index (χ1v) is 7.69. The second-order valence-electron chi connectivity index (χ2n) is 5.92. The van der Waals surface area contributed by atoms with Crippen LogP contribution in [0.25, 0.3) is 0 Å². The van der Waals surface area contributed by atoms with Gasteiger partial charge in [-0.2, -0.15) is 0 Å². The Balaban J connectivity index is 1.95. The first-order chi connectivity index (χ1) is 9.20. The fourth-order valence-electron chi connectivity index (χ4n) is 3.13. The molecule has 0 bridgehead atoms. The highest BCUT2D eigenvalue weighted by Gasteiger charge is 2.20. The van der Waals surface area contributed by atoms with E-state index in [1.54, 1.807) is 0 Å². The molecule has 1 heterocycles. The summed E-state index contributed by atoms with van der Waals surface area (Å²) in [6, 6.07) is 6.64. The summed E-state index contributed by atoms with van der Waals surface area (Å²) in [7, 11) is 0. The summed E-state index contributed by atoms with van der Waals surface area (Å²) in [6.45, 7) is 12.6. The van der Waals surface area contributed by atoms with E-state index in [0.717, 1.165) is 19.0 Å². The van der Waals surface area contributed by atoms with Crippen LogP contribution in [0.15, 0.2) is 18.2 Å². The summed E-state index contributed by atoms with van der Waals surface area (Å²) in [5.41, 5.74) is 4.41. The average molecular weight is 260 g/mol. The van der Waals surface area contributed by atoms with Crippen LogP contribution < -0.4 is 5.32 Å². The summed E-state index contributed by atoms with van der Waals surface area (Å²) in [5.74, 6) is 0.832. The molecule has 106 valence electrons. The van der Waals surface area contributed by atoms with Gasteiger partial charge in [-0.15, -0.1) is 0 Å². The van der Waals surface area contributed by atoms with Crippen molar-refractivity contribution in [1.29, 1.82) is 0 Å². The Labute approximate surface area is 118 Å². The largest absolute Gasteiger partial charge is 0.317 e. The van der Waals surface area contributed by atoms with E-state index < -0.39 is 0 Å². The van der Waals surface area contributed by atoms with Crippen LogP contribution in [0.3, 0.4) is 0 Å². The third kappa shape index (κ3) is 4.05. The molecule has 0 aliphatic carbocycles. The lowest BCUT2D eigenvalue weighted by atomic mass is 9.96. The number of piperidine rings is 1. The molecular weight excluding hydrogens is 232 g/mol. The van der Waals surface area contributed by atoms with Gasteiger partial charge in [-0.25, -0.2) is 0 Å². The third-order valence-electron chi connectivity index (χ3n) is 4.31. The molecule has 2 heteroatoms. The summed E-state index contributed by atoms with van der Waals surface area (Å²) in [4.78, 5) is 2.64. The van der Waals surface area contributed by atoms with Crippen molar-refractivity contribution >= 4 is 0 Å². The number of likely N-dealkylation sites (tertiary alicyclic amines) is 1. The molecular formula is C17H28N2. The highest BCUT2D eigenvalue weighted by molar-refractivity contribution is 5.33. The SMILES string of the molecule is CCNCC1CCCN(Cc2c(C)cccc2C)C1. The lowest BCUT2D eigenvalue weighted by molar-refractivity contribution is 0.165. The number of aryl methyl sites for hydroxylation is 2. The fourth-order valence-corrected chi connectivity index (χ4v) is 3.13. The Hall–Kier alpha value is -0.860. The average Bonchev–Trinajstić information content (AvgIpc) is 2.41. The van der Waals surface area contributed by atoms with Crippen molar-refractivity contribution in [3.8, 4) is 0 Å². The Morgan fingerprint density at radius 2 is 2.00 bits per heavy atom. The normalized spacial score (nSPS) is 20.7. The molecule has 0 spiro atoms. The summed E-state index contributed by atoms with van der Waals surface area (Å²) >= 11 is 0. The molecule has 0 amide bonds. The van der Waals surface area contributed by atoms with E-state index in [9.17, 15) is 0 Å². The molecule has 1 aliphatic heterocycles. The fraction of sp³-hybridized carbons (Fsp3) is 0.647. The van der Waals surface area contributed by atoms with Crippen LogP contribution in [0.4, 0.5) is 0 Å². The minimum absolute atomic E-state index is 0.832. The molecule has 1 aliphatic rings. The Kier molecular flexibility index (Phi) is 5.41. The highest BCUT2D eigenvalue weighted by Crippen LogP contribution is 2.21. The number of nitrogens with zero attached hydrogens (tertiary/aromatic N) is 1. The van der Waals surface area contributed by atoms with Gasteiger partial charge in [0, 0.05) is 13.1 Å². The van der Waals surface area contributed by atoms with Crippen molar-refractivity contribution in [2.45, 2.75) is 40.2 Å². The van der Waals surface area contributed by atoms with E-state index in [1.807, 2.05) is 0 Å². The van der Waals surface area contributed by atoms with E-state index in [2.05, 4.69) is 49.2 Å². The van der Waals surface area contributed by atoms with Gasteiger partial charge >= 0.3 is 0 Å². The second kappa shape index (κ2) is 7.06. The lowest BCUT2D eigenvalue weighted by Crippen LogP contribution is -2.39. The van der Waals surface area contributed by atoms with Gasteiger partial charge < -0.3 is 5.32 Å². The number of benzene rings is 1. The van der Waals surface area contributed by atoms with Crippen LogP contribution in [0.2, 0.25) is 0 Å². The quantitative estimate of drug-likeness (QED) is 0.875. The van der Waals surface area contributed by atoms with Crippen molar-refractivity contribution < 1.29 is 0 Å².